The van der Waals surface area contributed by atoms with Crippen LogP contribution >= 0.6 is 23.2 Å². The number of piperazine rings is 1. The fourth-order valence-corrected chi connectivity index (χ4v) is 5.66. The predicted molar refractivity (Wildman–Crippen MR) is 108 cm³/mol. The molecule has 0 aliphatic carbocycles. The summed E-state index contributed by atoms with van der Waals surface area (Å²) in [7, 11) is -2.51. The minimum absolute atomic E-state index is 0.0179. The van der Waals surface area contributed by atoms with Gasteiger partial charge >= 0.3 is 0 Å². The minimum atomic E-state index is -3.88. The summed E-state index contributed by atoms with van der Waals surface area (Å²) in [6, 6.07) is 8.86. The average molecular weight is 461 g/mol. The molecule has 0 saturated carbocycles. The summed E-state index contributed by atoms with van der Waals surface area (Å²) in [6.07, 6.45) is 0.0179. The van der Waals surface area contributed by atoms with Gasteiger partial charge in [-0.3, -0.25) is 4.79 Å². The number of hydrogen-bond donors (Lipinski definition) is 0. The molecular formula is C19H19Cl2FN2O4S. The molecule has 2 aromatic carbocycles. The van der Waals surface area contributed by atoms with E-state index in [-0.39, 0.29) is 59.2 Å². The third-order valence-corrected chi connectivity index (χ3v) is 7.53. The molecule has 1 fully saturated rings. The molecule has 0 aromatic heterocycles. The number of carbonyl (C=O) groups is 1. The van der Waals surface area contributed by atoms with Gasteiger partial charge in [0.05, 0.1) is 23.6 Å². The van der Waals surface area contributed by atoms with Gasteiger partial charge in [0.1, 0.15) is 4.90 Å². The molecule has 1 amide bonds. The number of sulfonamides is 1. The molecule has 0 spiro atoms. The molecule has 29 heavy (non-hydrogen) atoms. The Hall–Kier alpha value is -1.87. The molecule has 0 atom stereocenters. The van der Waals surface area contributed by atoms with Gasteiger partial charge in [-0.1, -0.05) is 35.3 Å². The lowest BCUT2D eigenvalue weighted by Gasteiger charge is -2.34. The van der Waals surface area contributed by atoms with E-state index in [2.05, 4.69) is 0 Å². The van der Waals surface area contributed by atoms with Gasteiger partial charge in [0, 0.05) is 26.2 Å². The Morgan fingerprint density at radius 3 is 2.28 bits per heavy atom. The Kier molecular flexibility index (Phi) is 6.68. The summed E-state index contributed by atoms with van der Waals surface area (Å²) >= 11 is 12.1. The van der Waals surface area contributed by atoms with Crippen LogP contribution in [0.1, 0.15) is 5.56 Å². The lowest BCUT2D eigenvalue weighted by molar-refractivity contribution is -0.131. The van der Waals surface area contributed by atoms with Crippen molar-refractivity contribution in [2.45, 2.75) is 11.3 Å². The zero-order valence-corrected chi connectivity index (χ0v) is 17.9. The highest BCUT2D eigenvalue weighted by molar-refractivity contribution is 7.89. The van der Waals surface area contributed by atoms with Crippen LogP contribution in [0.3, 0.4) is 0 Å². The minimum Gasteiger partial charge on any atom is -0.494 e. The molecule has 0 unspecified atom stereocenters. The highest BCUT2D eigenvalue weighted by Crippen LogP contribution is 2.32. The molecule has 6 nitrogen and oxygen atoms in total. The first kappa shape index (κ1) is 21.8. The molecule has 0 bridgehead atoms. The van der Waals surface area contributed by atoms with Gasteiger partial charge in [0.2, 0.25) is 15.9 Å². The normalized spacial score (nSPS) is 15.4. The SMILES string of the molecule is COc1ccc(CC(=O)N2CCN(S(=O)(=O)c3c(Cl)cccc3Cl)CC2)cc1F. The Morgan fingerprint density at radius 1 is 1.10 bits per heavy atom. The Labute approximate surface area is 178 Å². The molecule has 1 aliphatic heterocycles. The smallest absolute Gasteiger partial charge is 0.246 e. The molecule has 0 radical (unpaired) electrons. The number of carbonyl (C=O) groups excluding carboxylic acids is 1. The van der Waals surface area contributed by atoms with E-state index >= 15 is 0 Å². The van der Waals surface area contributed by atoms with Crippen LogP contribution in [0.5, 0.6) is 5.75 Å². The Bertz CT molecular complexity index is 1000. The monoisotopic (exact) mass is 460 g/mol. The fourth-order valence-electron chi connectivity index (χ4n) is 3.14. The van der Waals surface area contributed by atoms with E-state index in [4.69, 9.17) is 27.9 Å². The Morgan fingerprint density at radius 2 is 1.72 bits per heavy atom. The fraction of sp³-hybridized carbons (Fsp3) is 0.316. The molecule has 1 heterocycles. The number of benzene rings is 2. The van der Waals surface area contributed by atoms with Gasteiger partial charge in [0.25, 0.3) is 0 Å². The highest BCUT2D eigenvalue weighted by atomic mass is 35.5. The van der Waals surface area contributed by atoms with Gasteiger partial charge in [-0.05, 0) is 29.8 Å². The molecule has 3 rings (SSSR count). The van der Waals surface area contributed by atoms with Crippen LogP contribution in [0.15, 0.2) is 41.3 Å². The number of halogens is 3. The van der Waals surface area contributed by atoms with Crippen molar-refractivity contribution in [1.82, 2.24) is 9.21 Å². The number of nitrogens with zero attached hydrogens (tertiary/aromatic N) is 2. The molecule has 156 valence electrons. The van der Waals surface area contributed by atoms with Crippen molar-refractivity contribution in [3.8, 4) is 5.75 Å². The standard InChI is InChI=1S/C19H19Cl2FN2O4S/c1-28-17-6-5-13(11-16(17)22)12-18(25)23-7-9-24(10-8-23)29(26,27)19-14(20)3-2-4-15(19)21/h2-6,11H,7-10,12H2,1H3. The number of rotatable bonds is 5. The maximum atomic E-state index is 13.8. The first-order valence-electron chi connectivity index (χ1n) is 8.78. The van der Waals surface area contributed by atoms with Gasteiger partial charge in [-0.25, -0.2) is 12.8 Å². The van der Waals surface area contributed by atoms with Crippen LogP contribution in [0.4, 0.5) is 4.39 Å². The number of amides is 1. The zero-order valence-electron chi connectivity index (χ0n) is 15.6. The van der Waals surface area contributed by atoms with E-state index in [9.17, 15) is 17.6 Å². The molecular weight excluding hydrogens is 442 g/mol. The van der Waals surface area contributed by atoms with Crippen LogP contribution in [0, 0.1) is 5.82 Å². The third kappa shape index (κ3) is 4.66. The predicted octanol–water partition coefficient (Wildman–Crippen LogP) is 3.22. The van der Waals surface area contributed by atoms with Crippen molar-refractivity contribution in [1.29, 1.82) is 0 Å². The van der Waals surface area contributed by atoms with E-state index < -0.39 is 15.8 Å². The summed E-state index contributed by atoms with van der Waals surface area (Å²) < 4.78 is 45.7. The van der Waals surface area contributed by atoms with Crippen molar-refractivity contribution < 1.29 is 22.3 Å². The van der Waals surface area contributed by atoms with Crippen molar-refractivity contribution in [2.24, 2.45) is 0 Å². The summed E-state index contributed by atoms with van der Waals surface area (Å²) in [5.41, 5.74) is 0.520. The van der Waals surface area contributed by atoms with Crippen LogP contribution < -0.4 is 4.74 Å². The average Bonchev–Trinajstić information content (AvgIpc) is 2.68. The number of ether oxygens (including phenoxy) is 1. The van der Waals surface area contributed by atoms with Crippen molar-refractivity contribution in [3.63, 3.8) is 0 Å². The van der Waals surface area contributed by atoms with Gasteiger partial charge in [-0.2, -0.15) is 4.31 Å². The lowest BCUT2D eigenvalue weighted by atomic mass is 10.1. The third-order valence-electron chi connectivity index (χ3n) is 4.68. The zero-order chi connectivity index (χ0) is 21.2. The molecule has 0 N–H and O–H groups in total. The van der Waals surface area contributed by atoms with Crippen LogP contribution in [-0.2, 0) is 21.2 Å². The van der Waals surface area contributed by atoms with E-state index in [1.165, 1.54) is 35.7 Å². The maximum Gasteiger partial charge on any atom is 0.246 e. The Balaban J connectivity index is 1.65. The topological polar surface area (TPSA) is 66.9 Å². The van der Waals surface area contributed by atoms with Crippen molar-refractivity contribution in [3.05, 3.63) is 57.8 Å². The van der Waals surface area contributed by atoms with Crippen LogP contribution in [0.2, 0.25) is 10.0 Å². The van der Waals surface area contributed by atoms with E-state index in [0.717, 1.165) is 0 Å². The maximum absolute atomic E-state index is 13.8. The molecule has 10 heteroatoms. The van der Waals surface area contributed by atoms with Crippen LogP contribution in [-0.4, -0.2) is 56.8 Å². The largest absolute Gasteiger partial charge is 0.494 e. The number of methoxy groups -OCH3 is 1. The van der Waals surface area contributed by atoms with E-state index in [1.54, 1.807) is 17.0 Å². The quantitative estimate of drug-likeness (QED) is 0.686. The summed E-state index contributed by atoms with van der Waals surface area (Å²) in [5.74, 6) is -0.633. The summed E-state index contributed by atoms with van der Waals surface area (Å²) in [4.78, 5) is 14.0. The molecule has 2 aromatic rings. The van der Waals surface area contributed by atoms with Crippen LogP contribution in [0.25, 0.3) is 0 Å². The van der Waals surface area contributed by atoms with Gasteiger partial charge < -0.3 is 9.64 Å². The number of hydrogen-bond acceptors (Lipinski definition) is 4. The van der Waals surface area contributed by atoms with Gasteiger partial charge in [0.15, 0.2) is 11.6 Å². The second-order valence-corrected chi connectivity index (χ2v) is 9.17. The second-order valence-electron chi connectivity index (χ2n) is 6.48. The highest BCUT2D eigenvalue weighted by Gasteiger charge is 2.33. The second kappa shape index (κ2) is 8.87. The van der Waals surface area contributed by atoms with Crippen molar-refractivity contribution >= 4 is 39.1 Å². The van der Waals surface area contributed by atoms with E-state index in [0.29, 0.717) is 5.56 Å². The molecule has 1 aliphatic rings. The van der Waals surface area contributed by atoms with E-state index in [1.807, 2.05) is 0 Å². The first-order chi connectivity index (χ1) is 13.7. The van der Waals surface area contributed by atoms with Crippen molar-refractivity contribution in [2.75, 3.05) is 33.3 Å². The first-order valence-corrected chi connectivity index (χ1v) is 11.0. The van der Waals surface area contributed by atoms with Gasteiger partial charge in [-0.15, -0.1) is 0 Å². The molecule has 1 saturated heterocycles. The summed E-state index contributed by atoms with van der Waals surface area (Å²) in [5, 5.41) is 0.107. The lowest BCUT2D eigenvalue weighted by Crippen LogP contribution is -2.50. The summed E-state index contributed by atoms with van der Waals surface area (Å²) in [6.45, 7) is 0.677.